The first kappa shape index (κ1) is 17.2. The van der Waals surface area contributed by atoms with Crippen molar-refractivity contribution in [2.45, 2.75) is 19.4 Å². The first-order chi connectivity index (χ1) is 11.0. The maximum Gasteiger partial charge on any atom is 0.307 e. The van der Waals surface area contributed by atoms with Crippen LogP contribution in [-0.2, 0) is 22.6 Å². The summed E-state index contributed by atoms with van der Waals surface area (Å²) in [5.74, 6) is -1.94. The average molecular weight is 376 g/mol. The second-order valence-electron chi connectivity index (χ2n) is 5.33. The van der Waals surface area contributed by atoms with E-state index in [1.807, 2.05) is 54.6 Å². The van der Waals surface area contributed by atoms with Gasteiger partial charge in [0.2, 0.25) is 5.91 Å². The van der Waals surface area contributed by atoms with Crippen LogP contribution in [0.15, 0.2) is 59.1 Å². The fourth-order valence-corrected chi connectivity index (χ4v) is 2.51. The molecule has 4 nitrogen and oxygen atoms in total. The van der Waals surface area contributed by atoms with Gasteiger partial charge in [-0.3, -0.25) is 9.59 Å². The summed E-state index contributed by atoms with van der Waals surface area (Å²) in [6.45, 7) is 0.407. The number of carboxylic acids is 1. The average Bonchev–Trinajstić information content (AvgIpc) is 2.55. The Kier molecular flexibility index (Phi) is 6.35. The van der Waals surface area contributed by atoms with Gasteiger partial charge in [0.1, 0.15) is 0 Å². The molecule has 0 aliphatic carbocycles. The van der Waals surface area contributed by atoms with Crippen molar-refractivity contribution in [2.75, 3.05) is 0 Å². The summed E-state index contributed by atoms with van der Waals surface area (Å²) in [6, 6.07) is 17.0. The number of hydrogen-bond acceptors (Lipinski definition) is 2. The molecule has 1 amide bonds. The van der Waals surface area contributed by atoms with Gasteiger partial charge in [-0.25, -0.2) is 0 Å². The Morgan fingerprint density at radius 3 is 2.26 bits per heavy atom. The summed E-state index contributed by atoms with van der Waals surface area (Å²) in [6.07, 6.45) is 0.305. The van der Waals surface area contributed by atoms with E-state index < -0.39 is 11.9 Å². The molecule has 1 atom stereocenters. The number of carbonyl (C=O) groups is 2. The van der Waals surface area contributed by atoms with Crippen molar-refractivity contribution in [3.63, 3.8) is 0 Å². The Bertz CT molecular complexity index is 656. The third-order valence-electron chi connectivity index (χ3n) is 3.51. The standard InChI is InChI=1S/C18H18BrNO3/c19-16-8-6-13(7-9-16)10-15(18(22)23)11-17(21)20-12-14-4-2-1-3-5-14/h1-9,15H,10-12H2,(H,20,21)(H,22,23)/t15-/m1/s1. The van der Waals surface area contributed by atoms with E-state index in [0.717, 1.165) is 15.6 Å². The van der Waals surface area contributed by atoms with Crippen molar-refractivity contribution >= 4 is 27.8 Å². The molecule has 0 spiro atoms. The van der Waals surface area contributed by atoms with Gasteiger partial charge in [-0.05, 0) is 29.7 Å². The molecule has 0 saturated carbocycles. The number of hydrogen-bond donors (Lipinski definition) is 2. The summed E-state index contributed by atoms with van der Waals surface area (Å²) in [5, 5.41) is 12.1. The van der Waals surface area contributed by atoms with E-state index in [1.54, 1.807) is 0 Å². The Morgan fingerprint density at radius 1 is 1.00 bits per heavy atom. The van der Waals surface area contributed by atoms with E-state index in [0.29, 0.717) is 13.0 Å². The van der Waals surface area contributed by atoms with Crippen molar-refractivity contribution in [2.24, 2.45) is 5.92 Å². The molecule has 0 aliphatic heterocycles. The first-order valence-electron chi connectivity index (χ1n) is 7.32. The van der Waals surface area contributed by atoms with Crippen molar-refractivity contribution in [3.05, 3.63) is 70.2 Å². The second kappa shape index (κ2) is 8.48. The molecular formula is C18H18BrNO3. The third kappa shape index (κ3) is 5.87. The van der Waals surface area contributed by atoms with E-state index >= 15 is 0 Å². The predicted octanol–water partition coefficient (Wildman–Crippen LogP) is 3.40. The number of carbonyl (C=O) groups excluding carboxylic acids is 1. The molecule has 0 aliphatic rings. The van der Waals surface area contributed by atoms with Crippen LogP contribution >= 0.6 is 15.9 Å². The number of halogens is 1. The van der Waals surface area contributed by atoms with Crippen LogP contribution < -0.4 is 5.32 Å². The second-order valence-corrected chi connectivity index (χ2v) is 6.25. The van der Waals surface area contributed by atoms with Crippen LogP contribution in [0.5, 0.6) is 0 Å². The molecular weight excluding hydrogens is 358 g/mol. The van der Waals surface area contributed by atoms with Gasteiger partial charge in [-0.2, -0.15) is 0 Å². The van der Waals surface area contributed by atoms with Crippen LogP contribution in [0.3, 0.4) is 0 Å². The van der Waals surface area contributed by atoms with Gasteiger partial charge in [-0.15, -0.1) is 0 Å². The zero-order chi connectivity index (χ0) is 16.7. The lowest BCUT2D eigenvalue weighted by Gasteiger charge is -2.13. The largest absolute Gasteiger partial charge is 0.481 e. The molecule has 0 radical (unpaired) electrons. The van der Waals surface area contributed by atoms with Gasteiger partial charge in [-0.1, -0.05) is 58.4 Å². The van der Waals surface area contributed by atoms with Gasteiger partial charge in [0.25, 0.3) is 0 Å². The van der Waals surface area contributed by atoms with Crippen LogP contribution in [0.4, 0.5) is 0 Å². The Balaban J connectivity index is 1.89. The van der Waals surface area contributed by atoms with Crippen LogP contribution in [0, 0.1) is 5.92 Å². The summed E-state index contributed by atoms with van der Waals surface area (Å²) >= 11 is 3.34. The Hall–Kier alpha value is -2.14. The maximum absolute atomic E-state index is 12.0. The fraction of sp³-hybridized carbons (Fsp3) is 0.222. The molecule has 120 valence electrons. The zero-order valence-corrected chi connectivity index (χ0v) is 14.1. The van der Waals surface area contributed by atoms with E-state index in [4.69, 9.17) is 0 Å². The Morgan fingerprint density at radius 2 is 1.65 bits per heavy atom. The lowest BCUT2D eigenvalue weighted by Crippen LogP contribution is -2.29. The molecule has 0 bridgehead atoms. The molecule has 0 aromatic heterocycles. The van der Waals surface area contributed by atoms with Gasteiger partial charge >= 0.3 is 5.97 Å². The Labute approximate surface area is 143 Å². The van der Waals surface area contributed by atoms with Gasteiger partial charge in [0, 0.05) is 17.4 Å². The van der Waals surface area contributed by atoms with E-state index in [-0.39, 0.29) is 12.3 Å². The van der Waals surface area contributed by atoms with Gasteiger partial charge in [0.15, 0.2) is 0 Å². The maximum atomic E-state index is 12.0. The molecule has 5 heteroatoms. The normalized spacial score (nSPS) is 11.7. The molecule has 0 fully saturated rings. The molecule has 2 aromatic carbocycles. The predicted molar refractivity (Wildman–Crippen MR) is 91.9 cm³/mol. The number of rotatable bonds is 7. The summed E-state index contributed by atoms with van der Waals surface area (Å²) < 4.78 is 0.939. The van der Waals surface area contributed by atoms with Gasteiger partial charge in [0.05, 0.1) is 5.92 Å². The third-order valence-corrected chi connectivity index (χ3v) is 4.04. The van der Waals surface area contributed by atoms with Crippen LogP contribution in [0.2, 0.25) is 0 Å². The lowest BCUT2D eigenvalue weighted by atomic mass is 9.96. The highest BCUT2D eigenvalue weighted by molar-refractivity contribution is 9.10. The molecule has 0 heterocycles. The van der Waals surface area contributed by atoms with Crippen LogP contribution in [0.1, 0.15) is 17.5 Å². The van der Waals surface area contributed by atoms with Crippen LogP contribution in [-0.4, -0.2) is 17.0 Å². The topological polar surface area (TPSA) is 66.4 Å². The molecule has 23 heavy (non-hydrogen) atoms. The van der Waals surface area contributed by atoms with E-state index in [2.05, 4.69) is 21.2 Å². The van der Waals surface area contributed by atoms with Crippen molar-refractivity contribution in [1.82, 2.24) is 5.32 Å². The molecule has 0 saturated heterocycles. The zero-order valence-electron chi connectivity index (χ0n) is 12.5. The highest BCUT2D eigenvalue weighted by atomic mass is 79.9. The smallest absolute Gasteiger partial charge is 0.307 e. The van der Waals surface area contributed by atoms with Crippen molar-refractivity contribution < 1.29 is 14.7 Å². The SMILES string of the molecule is O=C(C[C@@H](Cc1ccc(Br)cc1)C(=O)O)NCc1ccccc1. The fourth-order valence-electron chi connectivity index (χ4n) is 2.24. The van der Waals surface area contributed by atoms with Gasteiger partial charge < -0.3 is 10.4 Å². The number of carboxylic acid groups (broad SMARTS) is 1. The molecule has 2 aromatic rings. The van der Waals surface area contributed by atoms with E-state index in [9.17, 15) is 14.7 Å². The minimum absolute atomic E-state index is 0.0295. The minimum atomic E-state index is -0.956. The monoisotopic (exact) mass is 375 g/mol. The highest BCUT2D eigenvalue weighted by Gasteiger charge is 2.21. The van der Waals surface area contributed by atoms with Crippen molar-refractivity contribution in [3.8, 4) is 0 Å². The number of aliphatic carboxylic acids is 1. The molecule has 2 rings (SSSR count). The number of amides is 1. The van der Waals surface area contributed by atoms with Crippen molar-refractivity contribution in [1.29, 1.82) is 0 Å². The van der Waals surface area contributed by atoms with E-state index in [1.165, 1.54) is 0 Å². The highest BCUT2D eigenvalue weighted by Crippen LogP contribution is 2.16. The minimum Gasteiger partial charge on any atom is -0.481 e. The summed E-state index contributed by atoms with van der Waals surface area (Å²) in [5.41, 5.74) is 1.89. The first-order valence-corrected chi connectivity index (χ1v) is 8.12. The summed E-state index contributed by atoms with van der Waals surface area (Å²) in [7, 11) is 0. The number of nitrogens with one attached hydrogen (secondary N) is 1. The summed E-state index contributed by atoms with van der Waals surface area (Å²) in [4.78, 5) is 23.4. The number of benzene rings is 2. The molecule has 0 unspecified atom stereocenters. The molecule has 2 N–H and O–H groups in total. The van der Waals surface area contributed by atoms with Crippen LogP contribution in [0.25, 0.3) is 0 Å². The lowest BCUT2D eigenvalue weighted by molar-refractivity contribution is -0.144. The quantitative estimate of drug-likeness (QED) is 0.779.